The minimum Gasteiger partial charge on any atom is -0.386 e. The third-order valence-electron chi connectivity index (χ3n) is 3.04. The first-order valence-electron chi connectivity index (χ1n) is 6.77. The van der Waals surface area contributed by atoms with Gasteiger partial charge in [0.15, 0.2) is 0 Å². The molecule has 0 spiro atoms. The van der Waals surface area contributed by atoms with E-state index in [1.165, 1.54) is 16.9 Å². The van der Waals surface area contributed by atoms with Crippen LogP contribution in [0, 0.1) is 6.92 Å². The number of amides is 1. The van der Waals surface area contributed by atoms with Crippen molar-refractivity contribution in [3.05, 3.63) is 57.8 Å². The first kappa shape index (κ1) is 16.1. The zero-order valence-electron chi connectivity index (χ0n) is 11.9. The van der Waals surface area contributed by atoms with Crippen LogP contribution in [0.4, 0.5) is 0 Å². The maximum Gasteiger partial charge on any atom is 0.230 e. The van der Waals surface area contributed by atoms with E-state index < -0.39 is 6.10 Å². The van der Waals surface area contributed by atoms with E-state index in [2.05, 4.69) is 5.32 Å². The molecule has 2 aromatic rings. The molecule has 0 bridgehead atoms. The van der Waals surface area contributed by atoms with Gasteiger partial charge in [-0.2, -0.15) is 0 Å². The molecule has 0 saturated heterocycles. The Hall–Kier alpha value is -1.30. The molecule has 5 heteroatoms. The Labute approximate surface area is 133 Å². The number of hydrogen-bond acceptors (Lipinski definition) is 4. The second-order valence-corrected chi connectivity index (χ2v) is 6.70. The molecule has 2 rings (SSSR count). The van der Waals surface area contributed by atoms with Gasteiger partial charge in [-0.25, -0.2) is 0 Å². The summed E-state index contributed by atoms with van der Waals surface area (Å²) in [4.78, 5) is 12.7. The zero-order chi connectivity index (χ0) is 15.1. The van der Waals surface area contributed by atoms with Crippen LogP contribution in [-0.2, 0) is 10.5 Å². The summed E-state index contributed by atoms with van der Waals surface area (Å²) in [6.07, 6.45) is -0.618. The van der Waals surface area contributed by atoms with Crippen LogP contribution in [0.15, 0.2) is 41.8 Å². The molecule has 1 heterocycles. The van der Waals surface area contributed by atoms with Gasteiger partial charge in [0, 0.05) is 17.2 Å². The van der Waals surface area contributed by atoms with Crippen molar-refractivity contribution in [2.75, 3.05) is 12.3 Å². The van der Waals surface area contributed by atoms with E-state index in [-0.39, 0.29) is 12.5 Å². The molecule has 1 aromatic heterocycles. The molecular formula is C16H19NO2S2. The maximum atomic E-state index is 11.8. The fourth-order valence-electron chi connectivity index (χ4n) is 1.92. The smallest absolute Gasteiger partial charge is 0.230 e. The summed E-state index contributed by atoms with van der Waals surface area (Å²) >= 11 is 3.09. The number of benzene rings is 1. The molecule has 0 unspecified atom stereocenters. The van der Waals surface area contributed by atoms with Gasteiger partial charge in [0.25, 0.3) is 0 Å². The Kier molecular flexibility index (Phi) is 6.29. The highest BCUT2D eigenvalue weighted by molar-refractivity contribution is 7.99. The van der Waals surface area contributed by atoms with Gasteiger partial charge in [0.1, 0.15) is 6.10 Å². The molecule has 112 valence electrons. The van der Waals surface area contributed by atoms with Crippen LogP contribution in [0.25, 0.3) is 0 Å². The molecule has 1 aromatic carbocycles. The SMILES string of the molecule is Cc1ccsc1[C@@H](O)CNC(=O)CSCc1ccccc1. The Bertz CT molecular complexity index is 569. The van der Waals surface area contributed by atoms with E-state index >= 15 is 0 Å². The quantitative estimate of drug-likeness (QED) is 0.824. The number of aryl methyl sites for hydroxylation is 1. The highest BCUT2D eigenvalue weighted by Gasteiger charge is 2.13. The van der Waals surface area contributed by atoms with Crippen molar-refractivity contribution in [2.24, 2.45) is 0 Å². The Morgan fingerprint density at radius 1 is 1.33 bits per heavy atom. The monoisotopic (exact) mass is 321 g/mol. The summed E-state index contributed by atoms with van der Waals surface area (Å²) in [6.45, 7) is 2.23. The van der Waals surface area contributed by atoms with Gasteiger partial charge in [-0.1, -0.05) is 30.3 Å². The maximum absolute atomic E-state index is 11.8. The van der Waals surface area contributed by atoms with Crippen LogP contribution in [0.5, 0.6) is 0 Å². The minimum absolute atomic E-state index is 0.0378. The molecule has 0 aliphatic rings. The van der Waals surface area contributed by atoms with Gasteiger partial charge in [0.2, 0.25) is 5.91 Å². The van der Waals surface area contributed by atoms with E-state index in [9.17, 15) is 9.90 Å². The number of carbonyl (C=O) groups is 1. The van der Waals surface area contributed by atoms with Gasteiger partial charge >= 0.3 is 0 Å². The van der Waals surface area contributed by atoms with Crippen molar-refractivity contribution >= 4 is 29.0 Å². The average Bonchev–Trinajstić information content (AvgIpc) is 2.92. The fourth-order valence-corrected chi connectivity index (χ4v) is 3.65. The van der Waals surface area contributed by atoms with Crippen LogP contribution in [0.2, 0.25) is 0 Å². The molecule has 21 heavy (non-hydrogen) atoms. The van der Waals surface area contributed by atoms with Crippen LogP contribution in [0.3, 0.4) is 0 Å². The van der Waals surface area contributed by atoms with Crippen LogP contribution < -0.4 is 5.32 Å². The second kappa shape index (κ2) is 8.22. The number of aliphatic hydroxyl groups excluding tert-OH is 1. The third-order valence-corrected chi connectivity index (χ3v) is 5.17. The second-order valence-electron chi connectivity index (χ2n) is 4.77. The standard InChI is InChI=1S/C16H19NO2S2/c1-12-7-8-21-16(12)14(18)9-17-15(19)11-20-10-13-5-3-2-4-6-13/h2-8,14,18H,9-11H2,1H3,(H,17,19)/t14-/m0/s1. The molecule has 0 fully saturated rings. The van der Waals surface area contributed by atoms with Crippen LogP contribution >= 0.6 is 23.1 Å². The summed E-state index contributed by atoms with van der Waals surface area (Å²) in [5, 5.41) is 14.8. The van der Waals surface area contributed by atoms with E-state index in [1.54, 1.807) is 11.8 Å². The van der Waals surface area contributed by atoms with E-state index in [0.29, 0.717) is 5.75 Å². The summed E-state index contributed by atoms with van der Waals surface area (Å²) in [5.41, 5.74) is 2.28. The lowest BCUT2D eigenvalue weighted by molar-refractivity contribution is -0.119. The number of nitrogens with one attached hydrogen (secondary N) is 1. The van der Waals surface area contributed by atoms with Crippen molar-refractivity contribution in [1.29, 1.82) is 0 Å². The highest BCUT2D eigenvalue weighted by atomic mass is 32.2. The van der Waals surface area contributed by atoms with Crippen molar-refractivity contribution in [3.63, 3.8) is 0 Å². The molecule has 0 aliphatic carbocycles. The molecule has 2 N–H and O–H groups in total. The summed E-state index contributed by atoms with van der Waals surface area (Å²) in [5.74, 6) is 1.19. The normalized spacial score (nSPS) is 12.1. The first-order valence-corrected chi connectivity index (χ1v) is 8.80. The summed E-state index contributed by atoms with van der Waals surface area (Å²) in [6, 6.07) is 12.0. The zero-order valence-corrected chi connectivity index (χ0v) is 13.5. The number of aliphatic hydroxyl groups is 1. The van der Waals surface area contributed by atoms with E-state index in [4.69, 9.17) is 0 Å². The number of thioether (sulfide) groups is 1. The highest BCUT2D eigenvalue weighted by Crippen LogP contribution is 2.23. The molecule has 0 saturated carbocycles. The molecule has 0 radical (unpaired) electrons. The molecular weight excluding hydrogens is 302 g/mol. The molecule has 3 nitrogen and oxygen atoms in total. The summed E-state index contributed by atoms with van der Waals surface area (Å²) in [7, 11) is 0. The van der Waals surface area contributed by atoms with Crippen molar-refractivity contribution < 1.29 is 9.90 Å². The largest absolute Gasteiger partial charge is 0.386 e. The van der Waals surface area contributed by atoms with Gasteiger partial charge < -0.3 is 10.4 Å². The minimum atomic E-state index is -0.618. The topological polar surface area (TPSA) is 49.3 Å². The van der Waals surface area contributed by atoms with Gasteiger partial charge in [-0.3, -0.25) is 4.79 Å². The Morgan fingerprint density at radius 3 is 2.76 bits per heavy atom. The number of hydrogen-bond donors (Lipinski definition) is 2. The molecule has 0 aliphatic heterocycles. The van der Waals surface area contributed by atoms with Crippen molar-refractivity contribution in [2.45, 2.75) is 18.8 Å². The van der Waals surface area contributed by atoms with Crippen molar-refractivity contribution in [3.8, 4) is 0 Å². The van der Waals surface area contributed by atoms with Gasteiger partial charge in [-0.05, 0) is 29.5 Å². The predicted molar refractivity (Wildman–Crippen MR) is 89.6 cm³/mol. The first-order chi connectivity index (χ1) is 10.2. The van der Waals surface area contributed by atoms with E-state index in [0.717, 1.165) is 16.2 Å². The summed E-state index contributed by atoms with van der Waals surface area (Å²) < 4.78 is 0. The lowest BCUT2D eigenvalue weighted by Crippen LogP contribution is -2.29. The average molecular weight is 321 g/mol. The number of thiophene rings is 1. The third kappa shape index (κ3) is 5.19. The lowest BCUT2D eigenvalue weighted by Gasteiger charge is -2.11. The Morgan fingerprint density at radius 2 is 2.10 bits per heavy atom. The number of rotatable bonds is 7. The predicted octanol–water partition coefficient (Wildman–Crippen LogP) is 3.14. The van der Waals surface area contributed by atoms with Crippen LogP contribution in [0.1, 0.15) is 22.1 Å². The Balaban J connectivity index is 1.67. The lowest BCUT2D eigenvalue weighted by atomic mass is 10.2. The van der Waals surface area contributed by atoms with Crippen molar-refractivity contribution in [1.82, 2.24) is 5.32 Å². The van der Waals surface area contributed by atoms with Crippen LogP contribution in [-0.4, -0.2) is 23.3 Å². The van der Waals surface area contributed by atoms with Gasteiger partial charge in [-0.15, -0.1) is 23.1 Å². The number of carbonyl (C=O) groups excluding carboxylic acids is 1. The fraction of sp³-hybridized carbons (Fsp3) is 0.312. The van der Waals surface area contributed by atoms with E-state index in [1.807, 2.05) is 48.7 Å². The molecule has 1 amide bonds. The van der Waals surface area contributed by atoms with Gasteiger partial charge in [0.05, 0.1) is 5.75 Å². The molecule has 1 atom stereocenters.